The van der Waals surface area contributed by atoms with Crippen molar-refractivity contribution in [2.75, 3.05) is 14.2 Å². The number of hydrogen-bond donors (Lipinski definition) is 1. The Balaban J connectivity index is 1.71. The average Bonchev–Trinajstić information content (AvgIpc) is 3.27. The van der Waals surface area contributed by atoms with Crippen molar-refractivity contribution < 1.29 is 19.4 Å². The van der Waals surface area contributed by atoms with Gasteiger partial charge in [-0.25, -0.2) is 9.79 Å². The summed E-state index contributed by atoms with van der Waals surface area (Å²) < 4.78 is 5.15. The van der Waals surface area contributed by atoms with E-state index in [1.807, 2.05) is 47.9 Å². The molecule has 0 spiro atoms. The van der Waals surface area contributed by atoms with Crippen LogP contribution in [0.25, 0.3) is 16.5 Å². The van der Waals surface area contributed by atoms with Gasteiger partial charge in [-0.3, -0.25) is 9.69 Å². The number of thioether (sulfide) groups is 1. The number of ether oxygens (including phenoxy) is 1. The topological polar surface area (TPSA) is 79.2 Å². The maximum Gasteiger partial charge on any atom is 0.335 e. The second-order valence-electron chi connectivity index (χ2n) is 6.31. The number of carboxylic acids is 1. The minimum Gasteiger partial charge on any atom is -0.497 e. The molecule has 1 amide bonds. The summed E-state index contributed by atoms with van der Waals surface area (Å²) in [5, 5.41) is 11.4. The molecular formula is C23H20N2O4S2. The van der Waals surface area contributed by atoms with Crippen LogP contribution in [-0.4, -0.2) is 41.7 Å². The van der Waals surface area contributed by atoms with Gasteiger partial charge in [0.25, 0.3) is 0 Å². The summed E-state index contributed by atoms with van der Waals surface area (Å²) in [4.78, 5) is 30.3. The second kappa shape index (κ2) is 10.6. The molecule has 0 saturated carbocycles. The molecule has 31 heavy (non-hydrogen) atoms. The molecular weight excluding hydrogens is 432 g/mol. The van der Waals surface area contributed by atoms with Crippen molar-refractivity contribution in [3.8, 4) is 16.2 Å². The normalized spacial score (nSPS) is 11.5. The SMILES string of the molecule is COc1ccc(/N=C(/S/C=C\c2ccc(-c3ccc(C(=O)O)cc3)s2)N(C)C=O)cc1. The van der Waals surface area contributed by atoms with Crippen molar-refractivity contribution in [1.82, 2.24) is 4.90 Å². The summed E-state index contributed by atoms with van der Waals surface area (Å²) in [5.74, 6) is -0.200. The molecule has 0 unspecified atom stereocenters. The predicted octanol–water partition coefficient (Wildman–Crippen LogP) is 5.60. The monoisotopic (exact) mass is 452 g/mol. The van der Waals surface area contributed by atoms with Crippen molar-refractivity contribution in [3.63, 3.8) is 0 Å². The van der Waals surface area contributed by atoms with E-state index in [0.29, 0.717) is 17.3 Å². The Bertz CT molecular complexity index is 1100. The first-order valence-corrected chi connectivity index (χ1v) is 10.9. The van der Waals surface area contributed by atoms with Crippen LogP contribution >= 0.6 is 23.1 Å². The van der Waals surface area contributed by atoms with Crippen LogP contribution in [-0.2, 0) is 4.79 Å². The van der Waals surface area contributed by atoms with Crippen molar-refractivity contribution in [1.29, 1.82) is 0 Å². The Hall–Kier alpha value is -3.36. The first kappa shape index (κ1) is 22.3. The number of carboxylic acid groups (broad SMARTS) is 1. The van der Waals surface area contributed by atoms with Crippen LogP contribution in [0.2, 0.25) is 0 Å². The zero-order chi connectivity index (χ0) is 22.2. The lowest BCUT2D eigenvalue weighted by molar-refractivity contribution is -0.113. The number of carbonyl (C=O) groups is 2. The third-order valence-electron chi connectivity index (χ3n) is 4.21. The Morgan fingerprint density at radius 3 is 2.42 bits per heavy atom. The van der Waals surface area contributed by atoms with E-state index >= 15 is 0 Å². The van der Waals surface area contributed by atoms with E-state index in [4.69, 9.17) is 9.84 Å². The van der Waals surface area contributed by atoms with Crippen molar-refractivity contribution in [3.05, 3.63) is 76.5 Å². The van der Waals surface area contributed by atoms with Crippen molar-refractivity contribution in [2.45, 2.75) is 0 Å². The van der Waals surface area contributed by atoms with E-state index in [9.17, 15) is 9.59 Å². The molecule has 158 valence electrons. The number of hydrogen-bond acceptors (Lipinski definition) is 6. The summed E-state index contributed by atoms with van der Waals surface area (Å²) in [6.45, 7) is 0. The van der Waals surface area contributed by atoms with Gasteiger partial charge in [0.1, 0.15) is 5.75 Å². The van der Waals surface area contributed by atoms with Gasteiger partial charge in [-0.2, -0.15) is 0 Å². The number of rotatable bonds is 7. The van der Waals surface area contributed by atoms with Gasteiger partial charge in [-0.05, 0) is 65.6 Å². The van der Waals surface area contributed by atoms with Gasteiger partial charge in [0.15, 0.2) is 5.17 Å². The summed E-state index contributed by atoms with van der Waals surface area (Å²) in [6.07, 6.45) is 2.67. The average molecular weight is 453 g/mol. The van der Waals surface area contributed by atoms with Gasteiger partial charge in [0.2, 0.25) is 6.41 Å². The van der Waals surface area contributed by atoms with Gasteiger partial charge in [0, 0.05) is 16.8 Å². The third kappa shape index (κ3) is 6.07. The largest absolute Gasteiger partial charge is 0.497 e. The highest BCUT2D eigenvalue weighted by atomic mass is 32.2. The Kier molecular flexibility index (Phi) is 7.64. The zero-order valence-corrected chi connectivity index (χ0v) is 18.5. The van der Waals surface area contributed by atoms with Gasteiger partial charge >= 0.3 is 5.97 Å². The van der Waals surface area contributed by atoms with E-state index in [2.05, 4.69) is 4.99 Å². The molecule has 1 N–H and O–H groups in total. The quantitative estimate of drug-likeness (QED) is 0.287. The first-order chi connectivity index (χ1) is 15.0. The first-order valence-electron chi connectivity index (χ1n) is 9.18. The van der Waals surface area contributed by atoms with Crippen LogP contribution in [0.3, 0.4) is 0 Å². The number of nitrogens with zero attached hydrogens (tertiary/aromatic N) is 2. The van der Waals surface area contributed by atoms with Gasteiger partial charge in [-0.15, -0.1) is 11.3 Å². The molecule has 0 aliphatic rings. The number of amidine groups is 1. The Morgan fingerprint density at radius 2 is 1.81 bits per heavy atom. The van der Waals surface area contributed by atoms with E-state index < -0.39 is 5.97 Å². The molecule has 3 aromatic rings. The molecule has 8 heteroatoms. The predicted molar refractivity (Wildman–Crippen MR) is 127 cm³/mol. The Labute approximate surface area is 188 Å². The lowest BCUT2D eigenvalue weighted by Gasteiger charge is -2.11. The molecule has 0 atom stereocenters. The highest BCUT2D eigenvalue weighted by Gasteiger charge is 2.07. The van der Waals surface area contributed by atoms with Crippen molar-refractivity contribution in [2.24, 2.45) is 4.99 Å². The van der Waals surface area contributed by atoms with Crippen LogP contribution in [0.5, 0.6) is 5.75 Å². The van der Waals surface area contributed by atoms with Crippen LogP contribution in [0.1, 0.15) is 15.2 Å². The summed E-state index contributed by atoms with van der Waals surface area (Å²) in [7, 11) is 3.26. The molecule has 0 fully saturated rings. The maximum atomic E-state index is 11.2. The molecule has 6 nitrogen and oxygen atoms in total. The Morgan fingerprint density at radius 1 is 1.10 bits per heavy atom. The summed E-state index contributed by atoms with van der Waals surface area (Å²) >= 11 is 2.93. The molecule has 0 bridgehead atoms. The number of aliphatic imine (C=N–C) groups is 1. The second-order valence-corrected chi connectivity index (χ2v) is 8.30. The highest BCUT2D eigenvalue weighted by molar-refractivity contribution is 8.16. The number of thiophene rings is 1. The molecule has 3 rings (SSSR count). The molecule has 1 aromatic heterocycles. The van der Waals surface area contributed by atoms with E-state index in [-0.39, 0.29) is 5.56 Å². The lowest BCUT2D eigenvalue weighted by Crippen LogP contribution is -2.21. The number of amides is 1. The number of methoxy groups -OCH3 is 1. The molecule has 2 aromatic carbocycles. The van der Waals surface area contributed by atoms with Gasteiger partial charge in [0.05, 0.1) is 18.4 Å². The number of benzene rings is 2. The van der Waals surface area contributed by atoms with Crippen molar-refractivity contribution >= 4 is 52.4 Å². The van der Waals surface area contributed by atoms with Crippen LogP contribution in [0.4, 0.5) is 5.69 Å². The fourth-order valence-electron chi connectivity index (χ4n) is 2.54. The molecule has 0 radical (unpaired) electrons. The van der Waals surface area contributed by atoms with E-state index in [1.54, 1.807) is 49.8 Å². The third-order valence-corrected chi connectivity index (χ3v) is 6.17. The fraction of sp³-hybridized carbons (Fsp3) is 0.0870. The lowest BCUT2D eigenvalue weighted by atomic mass is 10.1. The molecule has 0 aliphatic carbocycles. The van der Waals surface area contributed by atoms with Crippen LogP contribution < -0.4 is 4.74 Å². The van der Waals surface area contributed by atoms with Gasteiger partial charge in [-0.1, -0.05) is 23.9 Å². The molecule has 1 heterocycles. The van der Waals surface area contributed by atoms with E-state index in [1.165, 1.54) is 16.7 Å². The van der Waals surface area contributed by atoms with E-state index in [0.717, 1.165) is 21.1 Å². The smallest absolute Gasteiger partial charge is 0.335 e. The van der Waals surface area contributed by atoms with Crippen LogP contribution in [0, 0.1) is 0 Å². The highest BCUT2D eigenvalue weighted by Crippen LogP contribution is 2.30. The molecule has 0 aliphatic heterocycles. The van der Waals surface area contributed by atoms with Gasteiger partial charge < -0.3 is 9.84 Å². The standard InChI is InChI=1S/C23H20N2O4S2/c1-25(15-26)23(24-18-7-9-19(29-2)10-8-18)30-14-13-20-11-12-21(31-20)16-3-5-17(6-4-16)22(27)28/h3-15H,1-2H3,(H,27,28)/b14-13-,24-23+. The minimum absolute atomic E-state index is 0.264. The summed E-state index contributed by atoms with van der Waals surface area (Å²) in [5.41, 5.74) is 1.94. The number of aromatic carboxylic acids is 1. The fourth-order valence-corrected chi connectivity index (χ4v) is 4.24. The summed E-state index contributed by atoms with van der Waals surface area (Å²) in [6, 6.07) is 18.1. The maximum absolute atomic E-state index is 11.2. The molecule has 0 saturated heterocycles. The number of carbonyl (C=O) groups excluding carboxylic acids is 1. The zero-order valence-electron chi connectivity index (χ0n) is 16.9. The minimum atomic E-state index is -0.939. The van der Waals surface area contributed by atoms with Crippen LogP contribution in [0.15, 0.2) is 71.1 Å².